The number of hydrogen-bond donors (Lipinski definition) is 1. The number of rotatable bonds is 7. The molecule has 1 N–H and O–H groups in total. The van der Waals surface area contributed by atoms with Crippen LogP contribution in [0.1, 0.15) is 56.1 Å². The molecule has 1 amide bonds. The zero-order valence-electron chi connectivity index (χ0n) is 19.8. The van der Waals surface area contributed by atoms with Crippen LogP contribution in [0.5, 0.6) is 0 Å². The van der Waals surface area contributed by atoms with Crippen molar-refractivity contribution in [2.75, 3.05) is 39.9 Å². The van der Waals surface area contributed by atoms with Crippen molar-refractivity contribution in [1.29, 1.82) is 0 Å². The maximum atomic E-state index is 12.6. The minimum absolute atomic E-state index is 0. The smallest absolute Gasteiger partial charge is 0.223 e. The van der Waals surface area contributed by atoms with E-state index < -0.39 is 0 Å². The molecule has 1 aromatic rings. The Morgan fingerprint density at radius 1 is 1.12 bits per heavy atom. The van der Waals surface area contributed by atoms with Gasteiger partial charge in [-0.25, -0.2) is 0 Å². The first kappa shape index (κ1) is 26.2. The van der Waals surface area contributed by atoms with Crippen molar-refractivity contribution in [3.8, 4) is 0 Å². The second kappa shape index (κ2) is 13.5. The number of ether oxygens (including phenoxy) is 2. The summed E-state index contributed by atoms with van der Waals surface area (Å²) >= 11 is 0. The molecule has 33 heavy (non-hydrogen) atoms. The highest BCUT2D eigenvalue weighted by Crippen LogP contribution is 2.23. The average molecular weight is 571 g/mol. The molecule has 0 saturated carbocycles. The Morgan fingerprint density at radius 3 is 2.48 bits per heavy atom. The summed E-state index contributed by atoms with van der Waals surface area (Å²) in [4.78, 5) is 21.3. The number of nitrogens with zero attached hydrogens (tertiary/aromatic N) is 3. The van der Waals surface area contributed by atoms with Gasteiger partial charge in [0.2, 0.25) is 5.91 Å². The maximum Gasteiger partial charge on any atom is 0.223 e. The number of guanidine groups is 1. The van der Waals surface area contributed by atoms with Crippen molar-refractivity contribution in [3.63, 3.8) is 0 Å². The molecule has 3 heterocycles. The topological polar surface area (TPSA) is 66.4 Å². The van der Waals surface area contributed by atoms with Gasteiger partial charge >= 0.3 is 0 Å². The Bertz CT molecular complexity index is 752. The third kappa shape index (κ3) is 7.55. The van der Waals surface area contributed by atoms with E-state index in [-0.39, 0.29) is 36.0 Å². The predicted molar refractivity (Wildman–Crippen MR) is 141 cm³/mol. The molecule has 7 nitrogen and oxygen atoms in total. The minimum Gasteiger partial charge on any atom is -0.376 e. The van der Waals surface area contributed by atoms with Gasteiger partial charge in [-0.1, -0.05) is 24.3 Å². The summed E-state index contributed by atoms with van der Waals surface area (Å²) in [6, 6.07) is 8.32. The lowest BCUT2D eigenvalue weighted by Crippen LogP contribution is -2.47. The van der Waals surface area contributed by atoms with E-state index >= 15 is 0 Å². The molecular weight excluding hydrogens is 531 g/mol. The first-order chi connectivity index (χ1) is 15.7. The molecule has 0 spiro atoms. The first-order valence-electron chi connectivity index (χ1n) is 12.3. The maximum absolute atomic E-state index is 12.6. The highest BCUT2D eigenvalue weighted by Gasteiger charge is 2.24. The Hall–Kier alpha value is -1.39. The molecule has 1 unspecified atom stereocenters. The largest absolute Gasteiger partial charge is 0.376 e. The second-order valence-electron chi connectivity index (χ2n) is 9.10. The van der Waals surface area contributed by atoms with E-state index in [1.54, 1.807) is 0 Å². The lowest BCUT2D eigenvalue weighted by molar-refractivity contribution is -0.131. The minimum atomic E-state index is 0. The number of aliphatic imine (C=N–C) groups is 1. The highest BCUT2D eigenvalue weighted by atomic mass is 127. The number of halogens is 1. The summed E-state index contributed by atoms with van der Waals surface area (Å²) in [7, 11) is 1.83. The molecule has 3 aliphatic rings. The van der Waals surface area contributed by atoms with Gasteiger partial charge in [0.15, 0.2) is 5.96 Å². The summed E-state index contributed by atoms with van der Waals surface area (Å²) in [5.41, 5.74) is 2.55. The number of likely N-dealkylation sites (tertiary alicyclic amines) is 1. The lowest BCUT2D eigenvalue weighted by Gasteiger charge is -2.35. The van der Waals surface area contributed by atoms with Gasteiger partial charge < -0.3 is 24.6 Å². The van der Waals surface area contributed by atoms with Gasteiger partial charge in [-0.2, -0.15) is 0 Å². The molecule has 8 heteroatoms. The van der Waals surface area contributed by atoms with Gasteiger partial charge in [0, 0.05) is 52.8 Å². The number of amides is 1. The van der Waals surface area contributed by atoms with Crippen LogP contribution in [0.3, 0.4) is 0 Å². The number of piperidine rings is 1. The monoisotopic (exact) mass is 570 g/mol. The van der Waals surface area contributed by atoms with E-state index in [4.69, 9.17) is 9.47 Å². The summed E-state index contributed by atoms with van der Waals surface area (Å²) in [6.45, 7) is 5.75. The average Bonchev–Trinajstić information content (AvgIpc) is 3.28. The molecule has 2 saturated heterocycles. The molecule has 1 aromatic carbocycles. The van der Waals surface area contributed by atoms with Crippen LogP contribution >= 0.6 is 24.0 Å². The predicted octanol–water partition coefficient (Wildman–Crippen LogP) is 3.55. The molecule has 3 aliphatic heterocycles. The van der Waals surface area contributed by atoms with E-state index in [0.29, 0.717) is 12.5 Å². The van der Waals surface area contributed by atoms with Crippen LogP contribution in [0.25, 0.3) is 0 Å². The number of benzene rings is 1. The Kier molecular flexibility index (Phi) is 10.7. The number of carbonyl (C=O) groups is 1. The zero-order valence-corrected chi connectivity index (χ0v) is 22.2. The summed E-state index contributed by atoms with van der Waals surface area (Å²) in [5, 5.41) is 3.45. The molecular formula is C25H39IN4O3. The van der Waals surface area contributed by atoms with E-state index in [0.717, 1.165) is 77.6 Å². The van der Waals surface area contributed by atoms with Crippen molar-refractivity contribution in [3.05, 3.63) is 35.4 Å². The van der Waals surface area contributed by atoms with Crippen molar-refractivity contribution < 1.29 is 14.3 Å². The Morgan fingerprint density at radius 2 is 1.85 bits per heavy atom. The van der Waals surface area contributed by atoms with Crippen LogP contribution in [0.4, 0.5) is 0 Å². The molecule has 4 rings (SSSR count). The van der Waals surface area contributed by atoms with Gasteiger partial charge in [0.05, 0.1) is 18.8 Å². The fraction of sp³-hybridized carbons (Fsp3) is 0.680. The van der Waals surface area contributed by atoms with E-state index in [9.17, 15) is 4.79 Å². The van der Waals surface area contributed by atoms with Gasteiger partial charge in [-0.3, -0.25) is 9.79 Å². The highest BCUT2D eigenvalue weighted by molar-refractivity contribution is 14.0. The van der Waals surface area contributed by atoms with Gasteiger partial charge in [0.1, 0.15) is 0 Å². The summed E-state index contributed by atoms with van der Waals surface area (Å²) < 4.78 is 11.9. The van der Waals surface area contributed by atoms with Crippen molar-refractivity contribution in [1.82, 2.24) is 15.1 Å². The summed E-state index contributed by atoms with van der Waals surface area (Å²) in [6.07, 6.45) is 7.58. The van der Waals surface area contributed by atoms with Crippen LogP contribution in [-0.4, -0.2) is 73.8 Å². The molecule has 1 atom stereocenters. The van der Waals surface area contributed by atoms with Crippen molar-refractivity contribution in [2.24, 2.45) is 4.99 Å². The Labute approximate surface area is 215 Å². The second-order valence-corrected chi connectivity index (χ2v) is 9.10. The fourth-order valence-corrected chi connectivity index (χ4v) is 4.86. The number of hydrogen-bond acceptors (Lipinski definition) is 4. The molecule has 0 bridgehead atoms. The number of fused-ring (bicyclic) bond motifs is 1. The first-order valence-corrected chi connectivity index (χ1v) is 12.3. The Balaban J connectivity index is 0.00000306. The van der Waals surface area contributed by atoms with Gasteiger partial charge in [0.25, 0.3) is 0 Å². The molecule has 2 fully saturated rings. The lowest BCUT2D eigenvalue weighted by atomic mass is 10.1. The van der Waals surface area contributed by atoms with Crippen LogP contribution in [-0.2, 0) is 27.4 Å². The van der Waals surface area contributed by atoms with Crippen molar-refractivity contribution in [2.45, 2.75) is 70.2 Å². The van der Waals surface area contributed by atoms with Crippen LogP contribution in [0.2, 0.25) is 0 Å². The quantitative estimate of drug-likeness (QED) is 0.235. The fourth-order valence-electron chi connectivity index (χ4n) is 4.86. The van der Waals surface area contributed by atoms with Gasteiger partial charge in [-0.15, -0.1) is 24.0 Å². The SMILES string of the molecule is CN=C(NCCCC(=O)N1Cc2ccccc2C1)N1CCC(OCC2CCCCO2)CC1.I. The molecule has 0 radical (unpaired) electrons. The van der Waals surface area contributed by atoms with Gasteiger partial charge in [-0.05, 0) is 49.7 Å². The van der Waals surface area contributed by atoms with E-state index in [1.807, 2.05) is 24.1 Å². The number of nitrogens with one attached hydrogen (secondary N) is 1. The third-order valence-electron chi connectivity index (χ3n) is 6.79. The van der Waals surface area contributed by atoms with Crippen LogP contribution < -0.4 is 5.32 Å². The summed E-state index contributed by atoms with van der Waals surface area (Å²) in [5.74, 6) is 1.16. The molecule has 0 aliphatic carbocycles. The molecule has 184 valence electrons. The van der Waals surface area contributed by atoms with Crippen molar-refractivity contribution >= 4 is 35.8 Å². The molecule has 0 aromatic heterocycles. The third-order valence-corrected chi connectivity index (χ3v) is 6.79. The van der Waals surface area contributed by atoms with Crippen LogP contribution in [0, 0.1) is 0 Å². The zero-order chi connectivity index (χ0) is 22.2. The van der Waals surface area contributed by atoms with Crippen LogP contribution in [0.15, 0.2) is 29.3 Å². The normalized spacial score (nSPS) is 21.5. The standard InChI is InChI=1S/C25H38N4O3.HI/c1-26-25(28-14-11-22(12-15-28)32-19-23-9-4-5-16-31-23)27-13-6-10-24(30)29-17-20-7-2-3-8-21(20)18-29;/h2-3,7-8,22-23H,4-6,9-19H2,1H3,(H,26,27);1H. The van der Waals surface area contributed by atoms with E-state index in [1.165, 1.54) is 24.0 Å². The number of carbonyl (C=O) groups excluding carboxylic acids is 1. The van der Waals surface area contributed by atoms with E-state index in [2.05, 4.69) is 27.3 Å².